The van der Waals surface area contributed by atoms with Gasteiger partial charge in [0.25, 0.3) is 5.69 Å². The summed E-state index contributed by atoms with van der Waals surface area (Å²) in [6, 6.07) is 4.01. The predicted molar refractivity (Wildman–Crippen MR) is 93.1 cm³/mol. The lowest BCUT2D eigenvalue weighted by Crippen LogP contribution is -2.38. The number of hydrogen-bond acceptors (Lipinski definition) is 6. The molecule has 25 heavy (non-hydrogen) atoms. The number of rotatable bonds is 6. The van der Waals surface area contributed by atoms with Gasteiger partial charge in [-0.25, -0.2) is 8.42 Å². The summed E-state index contributed by atoms with van der Waals surface area (Å²) in [5.41, 5.74) is 0.243. The van der Waals surface area contributed by atoms with Crippen LogP contribution >= 0.6 is 0 Å². The smallest absolute Gasteiger partial charge is 0.270 e. The quantitative estimate of drug-likeness (QED) is 0.603. The van der Waals surface area contributed by atoms with Gasteiger partial charge in [0, 0.05) is 38.8 Å². The molecule has 0 radical (unpaired) electrons. The molecule has 9 heteroatoms. The molecule has 138 valence electrons. The first-order valence-electron chi connectivity index (χ1n) is 8.47. The van der Waals surface area contributed by atoms with Crippen LogP contribution in [0.1, 0.15) is 25.7 Å². The standard InChI is InChI=1S/C16H23N3O5S/c1-17(11-12-8-14(20)9-12)15-5-4-13(19(21)22)10-16(15)25(23,24)18-6-2-3-7-18/h4-5,10,12,14,20H,2-3,6-9,11H2,1H3. The number of nitro groups is 1. The molecule has 0 spiro atoms. The monoisotopic (exact) mass is 369 g/mol. The van der Waals surface area contributed by atoms with Crippen molar-refractivity contribution in [2.24, 2.45) is 5.92 Å². The second kappa shape index (κ2) is 6.89. The molecule has 0 amide bonds. The van der Waals surface area contributed by atoms with Crippen molar-refractivity contribution in [3.8, 4) is 0 Å². The van der Waals surface area contributed by atoms with E-state index in [0.29, 0.717) is 44.1 Å². The second-order valence-electron chi connectivity index (χ2n) is 6.89. The van der Waals surface area contributed by atoms with Gasteiger partial charge < -0.3 is 10.0 Å². The van der Waals surface area contributed by atoms with Crippen LogP contribution in [0.4, 0.5) is 11.4 Å². The third kappa shape index (κ3) is 3.63. The van der Waals surface area contributed by atoms with Crippen LogP contribution in [0.2, 0.25) is 0 Å². The summed E-state index contributed by atoms with van der Waals surface area (Å²) in [5.74, 6) is 0.303. The Bertz CT molecular complexity index is 755. The first-order chi connectivity index (χ1) is 11.8. The van der Waals surface area contributed by atoms with Crippen molar-refractivity contribution in [1.82, 2.24) is 4.31 Å². The average Bonchev–Trinajstić information content (AvgIpc) is 3.08. The fourth-order valence-corrected chi connectivity index (χ4v) is 5.32. The van der Waals surface area contributed by atoms with E-state index in [2.05, 4.69) is 0 Å². The van der Waals surface area contributed by atoms with Gasteiger partial charge in [0.15, 0.2) is 0 Å². The van der Waals surface area contributed by atoms with Crippen LogP contribution in [0.5, 0.6) is 0 Å². The van der Waals surface area contributed by atoms with Crippen LogP contribution in [0.25, 0.3) is 0 Å². The van der Waals surface area contributed by atoms with Gasteiger partial charge in [-0.3, -0.25) is 10.1 Å². The van der Waals surface area contributed by atoms with Crippen molar-refractivity contribution < 1.29 is 18.4 Å². The minimum absolute atomic E-state index is 0.00836. The lowest BCUT2D eigenvalue weighted by atomic mass is 9.82. The third-order valence-corrected chi connectivity index (χ3v) is 6.92. The van der Waals surface area contributed by atoms with E-state index >= 15 is 0 Å². The Morgan fingerprint density at radius 1 is 1.32 bits per heavy atom. The van der Waals surface area contributed by atoms with Gasteiger partial charge in [0.05, 0.1) is 16.7 Å². The maximum atomic E-state index is 13.0. The molecule has 1 saturated carbocycles. The summed E-state index contributed by atoms with van der Waals surface area (Å²) in [4.78, 5) is 12.3. The molecule has 1 aromatic rings. The van der Waals surface area contributed by atoms with Crippen molar-refractivity contribution in [3.63, 3.8) is 0 Å². The van der Waals surface area contributed by atoms with E-state index in [0.717, 1.165) is 18.9 Å². The average molecular weight is 369 g/mol. The van der Waals surface area contributed by atoms with E-state index in [1.165, 1.54) is 16.4 Å². The van der Waals surface area contributed by atoms with Gasteiger partial charge in [-0.15, -0.1) is 0 Å². The molecule has 1 N–H and O–H groups in total. The highest BCUT2D eigenvalue weighted by molar-refractivity contribution is 7.89. The molecule has 1 aromatic carbocycles. The Kier molecular flexibility index (Phi) is 4.99. The summed E-state index contributed by atoms with van der Waals surface area (Å²) in [6.07, 6.45) is 2.73. The fraction of sp³-hybridized carbons (Fsp3) is 0.625. The highest BCUT2D eigenvalue weighted by Crippen LogP contribution is 2.35. The predicted octanol–water partition coefficient (Wildman–Crippen LogP) is 1.59. The van der Waals surface area contributed by atoms with Gasteiger partial charge in [0.1, 0.15) is 4.90 Å². The minimum Gasteiger partial charge on any atom is -0.393 e. The molecule has 3 rings (SSSR count). The Hall–Kier alpha value is -1.71. The first kappa shape index (κ1) is 18.1. The summed E-state index contributed by atoms with van der Waals surface area (Å²) >= 11 is 0. The zero-order valence-electron chi connectivity index (χ0n) is 14.2. The fourth-order valence-electron chi connectivity index (χ4n) is 3.54. The number of aliphatic hydroxyl groups is 1. The molecule has 0 unspecified atom stereocenters. The molecule has 8 nitrogen and oxygen atoms in total. The minimum atomic E-state index is -3.77. The number of nitrogens with zero attached hydrogens (tertiary/aromatic N) is 3. The van der Waals surface area contributed by atoms with E-state index in [1.54, 1.807) is 7.05 Å². The molecule has 0 aromatic heterocycles. The third-order valence-electron chi connectivity index (χ3n) is 4.99. The molecule has 2 fully saturated rings. The van der Waals surface area contributed by atoms with Crippen LogP contribution in [-0.4, -0.2) is 55.5 Å². The van der Waals surface area contributed by atoms with Crippen molar-refractivity contribution in [2.75, 3.05) is 31.6 Å². The van der Waals surface area contributed by atoms with Gasteiger partial charge in [0.2, 0.25) is 10.0 Å². The lowest BCUT2D eigenvalue weighted by Gasteiger charge is -2.35. The zero-order chi connectivity index (χ0) is 18.2. The number of benzene rings is 1. The maximum Gasteiger partial charge on any atom is 0.270 e. The SMILES string of the molecule is CN(CC1CC(O)C1)c1ccc([N+](=O)[O-])cc1S(=O)(=O)N1CCCC1. The van der Waals surface area contributed by atoms with Crippen molar-refractivity contribution >= 4 is 21.4 Å². The molecular weight excluding hydrogens is 346 g/mol. The Labute approximate surface area is 147 Å². The van der Waals surface area contributed by atoms with Gasteiger partial charge in [-0.2, -0.15) is 4.31 Å². The number of aliphatic hydroxyl groups excluding tert-OH is 1. The van der Waals surface area contributed by atoms with Crippen molar-refractivity contribution in [2.45, 2.75) is 36.7 Å². The molecule has 1 heterocycles. The maximum absolute atomic E-state index is 13.0. The Balaban J connectivity index is 1.95. The number of anilines is 1. The molecular formula is C16H23N3O5S. The Morgan fingerprint density at radius 3 is 2.52 bits per heavy atom. The van der Waals surface area contributed by atoms with Crippen LogP contribution in [0.15, 0.2) is 23.1 Å². The number of sulfonamides is 1. The van der Waals surface area contributed by atoms with E-state index in [1.807, 2.05) is 4.90 Å². The topological polar surface area (TPSA) is 104 Å². The zero-order valence-corrected chi connectivity index (χ0v) is 15.0. The normalized spacial score (nSPS) is 24.1. The largest absolute Gasteiger partial charge is 0.393 e. The molecule has 2 aliphatic rings. The van der Waals surface area contributed by atoms with Crippen LogP contribution in [-0.2, 0) is 10.0 Å². The summed E-state index contributed by atoms with van der Waals surface area (Å²) < 4.78 is 27.4. The van der Waals surface area contributed by atoms with E-state index in [-0.39, 0.29) is 16.7 Å². The molecule has 1 saturated heterocycles. The Morgan fingerprint density at radius 2 is 1.96 bits per heavy atom. The molecule has 1 aliphatic carbocycles. The van der Waals surface area contributed by atoms with Crippen LogP contribution in [0.3, 0.4) is 0 Å². The second-order valence-corrected chi connectivity index (χ2v) is 8.80. The van der Waals surface area contributed by atoms with Gasteiger partial charge in [-0.1, -0.05) is 0 Å². The van der Waals surface area contributed by atoms with Gasteiger partial charge >= 0.3 is 0 Å². The highest BCUT2D eigenvalue weighted by atomic mass is 32.2. The number of hydrogen-bond donors (Lipinski definition) is 1. The number of nitro benzene ring substituents is 1. The molecule has 0 bridgehead atoms. The van der Waals surface area contributed by atoms with Crippen LogP contribution < -0.4 is 4.90 Å². The van der Waals surface area contributed by atoms with E-state index in [9.17, 15) is 23.6 Å². The number of non-ortho nitro benzene ring substituents is 1. The highest BCUT2D eigenvalue weighted by Gasteiger charge is 2.33. The molecule has 1 aliphatic heterocycles. The summed E-state index contributed by atoms with van der Waals surface area (Å²) in [7, 11) is -1.98. The van der Waals surface area contributed by atoms with Crippen molar-refractivity contribution in [3.05, 3.63) is 28.3 Å². The molecule has 0 atom stereocenters. The van der Waals surface area contributed by atoms with E-state index < -0.39 is 14.9 Å². The van der Waals surface area contributed by atoms with Crippen LogP contribution in [0, 0.1) is 16.0 Å². The van der Waals surface area contributed by atoms with E-state index in [4.69, 9.17) is 0 Å². The first-order valence-corrected chi connectivity index (χ1v) is 9.91. The summed E-state index contributed by atoms with van der Waals surface area (Å²) in [5, 5.41) is 20.5. The lowest BCUT2D eigenvalue weighted by molar-refractivity contribution is -0.385. The van der Waals surface area contributed by atoms with Crippen molar-refractivity contribution in [1.29, 1.82) is 0 Å². The summed E-state index contributed by atoms with van der Waals surface area (Å²) in [6.45, 7) is 1.50. The van der Waals surface area contributed by atoms with Gasteiger partial charge in [-0.05, 0) is 37.7 Å².